The monoisotopic (exact) mass is 300 g/mol. The zero-order valence-electron chi connectivity index (χ0n) is 10.1. The van der Waals surface area contributed by atoms with Crippen LogP contribution in [0.3, 0.4) is 0 Å². The molecule has 0 saturated carbocycles. The number of phenolic OH excluding ortho intramolecular Hbond substituents is 1. The topological polar surface area (TPSA) is 114 Å². The fraction of sp³-hybridized carbons (Fsp3) is 0.100. The number of rotatable bonds is 3. The summed E-state index contributed by atoms with van der Waals surface area (Å²) in [5.41, 5.74) is 12.2. The highest BCUT2D eigenvalue weighted by atomic mass is 32.2. The summed E-state index contributed by atoms with van der Waals surface area (Å²) >= 11 is 0.874. The molecule has 5 N–H and O–H groups in total. The van der Waals surface area contributed by atoms with Crippen LogP contribution in [0.2, 0.25) is 0 Å². The number of aromatic hydroxyl groups is 1. The van der Waals surface area contributed by atoms with Gasteiger partial charge in [-0.1, -0.05) is 6.07 Å². The number of anilines is 1. The van der Waals surface area contributed by atoms with E-state index >= 15 is 0 Å². The Morgan fingerprint density at radius 3 is 2.79 bits per heavy atom. The number of hydrogen-bond donors (Lipinski definition) is 3. The average molecular weight is 300 g/mol. The zero-order chi connectivity index (χ0) is 14.0. The first-order chi connectivity index (χ1) is 8.91. The summed E-state index contributed by atoms with van der Waals surface area (Å²) in [7, 11) is -1.98. The molecule has 0 radical (unpaired) electrons. The van der Waals surface area contributed by atoms with Crippen LogP contribution in [0, 0.1) is 0 Å². The Morgan fingerprint density at radius 2 is 2.21 bits per heavy atom. The number of allylic oxidation sites excluding steroid dienone is 1. The molecule has 1 aliphatic heterocycles. The van der Waals surface area contributed by atoms with Gasteiger partial charge in [-0.25, -0.2) is 0 Å². The van der Waals surface area contributed by atoms with Crippen LogP contribution in [0.25, 0.3) is 0 Å². The molecule has 19 heavy (non-hydrogen) atoms. The molecule has 9 heteroatoms. The summed E-state index contributed by atoms with van der Waals surface area (Å²) in [6, 6.07) is 4.76. The molecule has 0 aromatic heterocycles. The molecule has 0 fully saturated rings. The molecule has 1 aromatic rings. The van der Waals surface area contributed by atoms with Gasteiger partial charge in [-0.05, 0) is 12.1 Å². The van der Waals surface area contributed by atoms with Gasteiger partial charge >= 0.3 is 0 Å². The van der Waals surface area contributed by atoms with E-state index in [1.807, 2.05) is 0 Å². The van der Waals surface area contributed by atoms with Gasteiger partial charge in [0.05, 0.1) is 17.0 Å². The maximum atomic E-state index is 11.8. The molecule has 0 aliphatic carbocycles. The van der Waals surface area contributed by atoms with E-state index in [1.165, 1.54) is 24.0 Å². The van der Waals surface area contributed by atoms with Crippen molar-refractivity contribution in [3.05, 3.63) is 36.1 Å². The second-order valence-corrected chi connectivity index (χ2v) is 6.29. The SMILES string of the molecule is CN(c1cccc(O)c1C1=NSOC=C1)P(N)(N)=O. The van der Waals surface area contributed by atoms with Crippen LogP contribution in [0.1, 0.15) is 5.56 Å². The third kappa shape index (κ3) is 2.93. The quantitative estimate of drug-likeness (QED) is 0.442. The zero-order valence-corrected chi connectivity index (χ0v) is 11.8. The molecule has 1 aromatic carbocycles. The van der Waals surface area contributed by atoms with E-state index < -0.39 is 7.59 Å². The second-order valence-electron chi connectivity index (χ2n) is 3.82. The van der Waals surface area contributed by atoms with Crippen LogP contribution < -0.4 is 15.7 Å². The summed E-state index contributed by atoms with van der Waals surface area (Å²) < 4.78 is 21.9. The molecule has 0 saturated heterocycles. The van der Waals surface area contributed by atoms with Gasteiger partial charge in [0.2, 0.25) is 12.2 Å². The smallest absolute Gasteiger partial charge is 0.300 e. The highest BCUT2D eigenvalue weighted by Crippen LogP contribution is 2.40. The summed E-state index contributed by atoms with van der Waals surface area (Å²) in [5.74, 6) is -0.0105. The van der Waals surface area contributed by atoms with Crippen molar-refractivity contribution in [2.45, 2.75) is 0 Å². The fourth-order valence-corrected chi connectivity index (χ4v) is 2.45. The van der Waals surface area contributed by atoms with Gasteiger partial charge < -0.3 is 14.0 Å². The van der Waals surface area contributed by atoms with E-state index in [9.17, 15) is 9.67 Å². The fourth-order valence-electron chi connectivity index (χ4n) is 1.57. The Kier molecular flexibility index (Phi) is 3.86. The Labute approximate surface area is 114 Å². The molecule has 1 aliphatic rings. The van der Waals surface area contributed by atoms with Crippen molar-refractivity contribution >= 4 is 31.2 Å². The lowest BCUT2D eigenvalue weighted by Gasteiger charge is -2.25. The van der Waals surface area contributed by atoms with E-state index in [0.29, 0.717) is 17.0 Å². The molecular weight excluding hydrogens is 287 g/mol. The minimum atomic E-state index is -3.47. The maximum Gasteiger partial charge on any atom is 0.300 e. The molecule has 2 rings (SSSR count). The van der Waals surface area contributed by atoms with Gasteiger partial charge in [-0.15, -0.1) is 0 Å². The molecule has 102 valence electrons. The van der Waals surface area contributed by atoms with Crippen LogP contribution >= 0.6 is 19.8 Å². The van der Waals surface area contributed by atoms with E-state index in [-0.39, 0.29) is 5.75 Å². The van der Waals surface area contributed by atoms with Crippen LogP contribution in [0.5, 0.6) is 5.75 Å². The second kappa shape index (κ2) is 5.26. The Balaban J connectivity index is 2.57. The van der Waals surface area contributed by atoms with Gasteiger partial charge in [0.1, 0.15) is 12.0 Å². The molecule has 0 unspecified atom stereocenters. The van der Waals surface area contributed by atoms with Crippen molar-refractivity contribution in [1.29, 1.82) is 0 Å². The van der Waals surface area contributed by atoms with Crippen molar-refractivity contribution < 1.29 is 13.9 Å². The third-order valence-electron chi connectivity index (χ3n) is 2.55. The van der Waals surface area contributed by atoms with Gasteiger partial charge in [0, 0.05) is 13.1 Å². The van der Waals surface area contributed by atoms with Gasteiger partial charge in [-0.2, -0.15) is 4.40 Å². The number of phenols is 1. The maximum absolute atomic E-state index is 11.8. The minimum absolute atomic E-state index is 0.0105. The summed E-state index contributed by atoms with van der Waals surface area (Å²) in [6.07, 6.45) is 3.02. The largest absolute Gasteiger partial charge is 0.507 e. The third-order valence-corrected chi connectivity index (χ3v) is 4.18. The van der Waals surface area contributed by atoms with Crippen molar-refractivity contribution in [3.63, 3.8) is 0 Å². The van der Waals surface area contributed by atoms with E-state index in [1.54, 1.807) is 18.2 Å². The normalized spacial score (nSPS) is 14.8. The van der Waals surface area contributed by atoms with E-state index in [2.05, 4.69) is 4.40 Å². The van der Waals surface area contributed by atoms with Crippen LogP contribution in [-0.2, 0) is 8.75 Å². The minimum Gasteiger partial charge on any atom is -0.507 e. The predicted molar refractivity (Wildman–Crippen MR) is 76.8 cm³/mol. The van der Waals surface area contributed by atoms with Gasteiger partial charge in [0.15, 0.2) is 0 Å². The molecule has 0 spiro atoms. The van der Waals surface area contributed by atoms with Crippen molar-refractivity contribution in [3.8, 4) is 5.75 Å². The first-order valence-electron chi connectivity index (χ1n) is 5.22. The summed E-state index contributed by atoms with van der Waals surface area (Å²) in [4.78, 5) is 0. The summed E-state index contributed by atoms with van der Waals surface area (Å²) in [6.45, 7) is 0. The first kappa shape index (κ1) is 14.0. The molecular formula is C10H13N4O3PS. The van der Waals surface area contributed by atoms with Crippen molar-refractivity contribution in [2.75, 3.05) is 11.7 Å². The standard InChI is InChI=1S/C10H13N4O3PS/c1-14(18(11,12)16)8-3-2-4-9(15)10(8)7-5-6-17-19-13-7/h2-6,15H,1H3,(H4,11,12,16). The van der Waals surface area contributed by atoms with Crippen molar-refractivity contribution in [1.82, 2.24) is 0 Å². The van der Waals surface area contributed by atoms with E-state index in [0.717, 1.165) is 12.2 Å². The average Bonchev–Trinajstić information content (AvgIpc) is 2.37. The molecule has 0 atom stereocenters. The predicted octanol–water partition coefficient (Wildman–Crippen LogP) is 1.75. The number of nitrogens with zero attached hydrogens (tertiary/aromatic N) is 2. The first-order valence-corrected chi connectivity index (χ1v) is 7.71. The Morgan fingerprint density at radius 1 is 1.47 bits per heavy atom. The molecule has 7 nitrogen and oxygen atoms in total. The Hall–Kier alpha value is -1.47. The van der Waals surface area contributed by atoms with Crippen molar-refractivity contribution in [2.24, 2.45) is 15.4 Å². The molecule has 1 heterocycles. The van der Waals surface area contributed by atoms with Crippen LogP contribution in [0.4, 0.5) is 5.69 Å². The van der Waals surface area contributed by atoms with Crippen LogP contribution in [-0.4, -0.2) is 17.9 Å². The van der Waals surface area contributed by atoms with Gasteiger partial charge in [0.25, 0.3) is 7.59 Å². The molecule has 0 amide bonds. The van der Waals surface area contributed by atoms with Gasteiger partial charge in [-0.3, -0.25) is 15.6 Å². The van der Waals surface area contributed by atoms with E-state index in [4.69, 9.17) is 15.2 Å². The van der Waals surface area contributed by atoms with Crippen LogP contribution in [0.15, 0.2) is 34.9 Å². The lowest BCUT2D eigenvalue weighted by molar-refractivity contribution is 0.474. The Bertz CT molecular complexity index is 598. The highest BCUT2D eigenvalue weighted by molar-refractivity contribution is 7.93. The highest BCUT2D eigenvalue weighted by Gasteiger charge is 2.24. The lowest BCUT2D eigenvalue weighted by atomic mass is 10.1. The number of hydrogen-bond acceptors (Lipinski definition) is 5. The number of benzene rings is 1. The molecule has 0 bridgehead atoms. The summed E-state index contributed by atoms with van der Waals surface area (Å²) in [5, 5.41) is 10.00. The lowest BCUT2D eigenvalue weighted by Crippen LogP contribution is -2.26. The number of nitrogens with two attached hydrogens (primary N) is 2.